The first kappa shape index (κ1) is 19.2. The maximum Gasteiger partial charge on any atom is 0.232 e. The number of carbonyl (C=O) groups excluding carboxylic acids is 1. The number of aryl methyl sites for hydroxylation is 1. The molecule has 2 aromatic rings. The van der Waals surface area contributed by atoms with E-state index in [1.807, 2.05) is 42.6 Å². The normalized spacial score (nSPS) is 15.6. The average Bonchev–Trinajstić information content (AvgIpc) is 2.72. The molecule has 5 heteroatoms. The van der Waals surface area contributed by atoms with E-state index >= 15 is 0 Å². The lowest BCUT2D eigenvalue weighted by Gasteiger charge is -2.17. The number of pyridine rings is 1. The van der Waals surface area contributed by atoms with Crippen LogP contribution in [0.25, 0.3) is 0 Å². The summed E-state index contributed by atoms with van der Waals surface area (Å²) >= 11 is 0. The summed E-state index contributed by atoms with van der Waals surface area (Å²) in [5.74, 6) is 1.52. The minimum absolute atomic E-state index is 0.0481. The number of ether oxygens (including phenoxy) is 2. The van der Waals surface area contributed by atoms with Gasteiger partial charge in [-0.15, -0.1) is 0 Å². The fraction of sp³-hybridized carbons (Fsp3) is 0.455. The molecule has 27 heavy (non-hydrogen) atoms. The molecule has 0 unspecified atom stereocenters. The Labute approximate surface area is 160 Å². The Morgan fingerprint density at radius 2 is 1.78 bits per heavy atom. The van der Waals surface area contributed by atoms with E-state index in [-0.39, 0.29) is 5.91 Å². The monoisotopic (exact) mass is 368 g/mol. The molecule has 1 saturated carbocycles. The minimum atomic E-state index is 0.0481. The molecule has 5 nitrogen and oxygen atoms in total. The lowest BCUT2D eigenvalue weighted by atomic mass is 9.96. The Balaban J connectivity index is 1.74. The fourth-order valence-electron chi connectivity index (χ4n) is 3.53. The standard InChI is InChI=1S/C22H28N2O3/c1-26-19-14-17(15-20(16-19)27-2)11-12-22(25)24-13-7-6-10-21(24)23-18-8-4-3-5-9-18/h6-7,10,13-16,18H,3-5,8-9,11-12H2,1-2H3. The van der Waals surface area contributed by atoms with E-state index in [4.69, 9.17) is 14.5 Å². The van der Waals surface area contributed by atoms with E-state index in [2.05, 4.69) is 0 Å². The molecule has 0 bridgehead atoms. The number of aromatic nitrogens is 1. The Bertz CT molecular complexity index is 813. The van der Waals surface area contributed by atoms with Crippen molar-refractivity contribution >= 4 is 5.91 Å². The molecule has 1 aliphatic rings. The summed E-state index contributed by atoms with van der Waals surface area (Å²) in [5.41, 5.74) is 1.78. The Morgan fingerprint density at radius 1 is 1.07 bits per heavy atom. The van der Waals surface area contributed by atoms with Crippen molar-refractivity contribution < 1.29 is 14.3 Å². The molecule has 0 N–H and O–H groups in total. The maximum atomic E-state index is 12.8. The zero-order chi connectivity index (χ0) is 19.1. The summed E-state index contributed by atoms with van der Waals surface area (Å²) in [6.45, 7) is 0. The van der Waals surface area contributed by atoms with Crippen LogP contribution in [-0.2, 0) is 6.42 Å². The second-order valence-corrected chi connectivity index (χ2v) is 6.96. The highest BCUT2D eigenvalue weighted by Crippen LogP contribution is 2.23. The second-order valence-electron chi connectivity index (χ2n) is 6.96. The predicted octanol–water partition coefficient (Wildman–Crippen LogP) is 4.01. The number of methoxy groups -OCH3 is 2. The van der Waals surface area contributed by atoms with Gasteiger partial charge in [0.15, 0.2) is 0 Å². The van der Waals surface area contributed by atoms with Crippen molar-refractivity contribution in [3.05, 3.63) is 53.6 Å². The zero-order valence-corrected chi connectivity index (χ0v) is 16.2. The largest absolute Gasteiger partial charge is 0.497 e. The third-order valence-corrected chi connectivity index (χ3v) is 5.04. The van der Waals surface area contributed by atoms with Crippen LogP contribution in [0, 0.1) is 0 Å². The smallest absolute Gasteiger partial charge is 0.232 e. The maximum absolute atomic E-state index is 12.8. The molecule has 0 atom stereocenters. The van der Waals surface area contributed by atoms with Crippen molar-refractivity contribution in [3.8, 4) is 11.5 Å². The van der Waals surface area contributed by atoms with Gasteiger partial charge in [0.2, 0.25) is 5.91 Å². The SMILES string of the molecule is COc1cc(CCC(=O)n2ccccc2=NC2CCCCC2)cc(OC)c1. The van der Waals surface area contributed by atoms with Crippen LogP contribution in [0.2, 0.25) is 0 Å². The van der Waals surface area contributed by atoms with Gasteiger partial charge < -0.3 is 9.47 Å². The Hall–Kier alpha value is -2.56. The minimum Gasteiger partial charge on any atom is -0.497 e. The van der Waals surface area contributed by atoms with Crippen LogP contribution >= 0.6 is 0 Å². The van der Waals surface area contributed by atoms with Gasteiger partial charge in [0, 0.05) is 18.7 Å². The van der Waals surface area contributed by atoms with Crippen molar-refractivity contribution in [3.63, 3.8) is 0 Å². The summed E-state index contributed by atoms with van der Waals surface area (Å²) in [4.78, 5) is 17.7. The van der Waals surface area contributed by atoms with Gasteiger partial charge in [-0.3, -0.25) is 14.4 Å². The highest BCUT2D eigenvalue weighted by molar-refractivity contribution is 5.78. The lowest BCUT2D eigenvalue weighted by Crippen LogP contribution is -2.29. The summed E-state index contributed by atoms with van der Waals surface area (Å²) in [6, 6.07) is 11.8. The molecular weight excluding hydrogens is 340 g/mol. The van der Waals surface area contributed by atoms with Crippen LogP contribution in [0.3, 0.4) is 0 Å². The molecule has 3 rings (SSSR count). The van der Waals surface area contributed by atoms with Crippen molar-refractivity contribution in [1.29, 1.82) is 0 Å². The third-order valence-electron chi connectivity index (χ3n) is 5.04. The number of benzene rings is 1. The molecule has 0 spiro atoms. The van der Waals surface area contributed by atoms with Crippen molar-refractivity contribution in [2.45, 2.75) is 51.0 Å². The topological polar surface area (TPSA) is 52.8 Å². The van der Waals surface area contributed by atoms with Gasteiger partial charge >= 0.3 is 0 Å². The van der Waals surface area contributed by atoms with Crippen LogP contribution in [0.5, 0.6) is 11.5 Å². The molecule has 0 saturated heterocycles. The Morgan fingerprint density at radius 3 is 2.44 bits per heavy atom. The molecule has 1 aromatic carbocycles. The lowest BCUT2D eigenvalue weighted by molar-refractivity contribution is 0.0897. The first-order valence-corrected chi connectivity index (χ1v) is 9.66. The molecule has 1 aromatic heterocycles. The molecule has 0 radical (unpaired) electrons. The predicted molar refractivity (Wildman–Crippen MR) is 105 cm³/mol. The van der Waals surface area contributed by atoms with Gasteiger partial charge in [0.25, 0.3) is 0 Å². The average molecular weight is 368 g/mol. The molecule has 1 heterocycles. The number of hydrogen-bond donors (Lipinski definition) is 0. The summed E-state index contributed by atoms with van der Waals surface area (Å²) < 4.78 is 12.3. The van der Waals surface area contributed by atoms with E-state index in [0.29, 0.717) is 18.9 Å². The third kappa shape index (κ3) is 5.22. The van der Waals surface area contributed by atoms with Crippen LogP contribution in [0.4, 0.5) is 0 Å². The Kier molecular flexibility index (Phi) is 6.69. The van der Waals surface area contributed by atoms with Crippen LogP contribution < -0.4 is 15.0 Å². The summed E-state index contributed by atoms with van der Waals surface area (Å²) in [5, 5.41) is 0. The van der Waals surface area contributed by atoms with E-state index in [1.54, 1.807) is 18.8 Å². The number of carbonyl (C=O) groups is 1. The molecule has 0 aliphatic heterocycles. The van der Waals surface area contributed by atoms with Crippen LogP contribution in [0.1, 0.15) is 48.9 Å². The summed E-state index contributed by atoms with van der Waals surface area (Å²) in [6.07, 6.45) is 8.83. The molecule has 0 amide bonds. The number of hydrogen-bond acceptors (Lipinski definition) is 4. The van der Waals surface area contributed by atoms with Crippen molar-refractivity contribution in [2.24, 2.45) is 4.99 Å². The van der Waals surface area contributed by atoms with Gasteiger partial charge in [-0.2, -0.15) is 0 Å². The zero-order valence-electron chi connectivity index (χ0n) is 16.2. The number of rotatable bonds is 6. The summed E-state index contributed by atoms with van der Waals surface area (Å²) in [7, 11) is 3.26. The van der Waals surface area contributed by atoms with Crippen LogP contribution in [0.15, 0.2) is 47.6 Å². The second kappa shape index (κ2) is 9.40. The van der Waals surface area contributed by atoms with E-state index in [1.165, 1.54) is 19.3 Å². The van der Waals surface area contributed by atoms with E-state index in [0.717, 1.165) is 35.4 Å². The fourth-order valence-corrected chi connectivity index (χ4v) is 3.53. The molecule has 1 fully saturated rings. The quantitative estimate of drug-likeness (QED) is 0.774. The van der Waals surface area contributed by atoms with Crippen molar-refractivity contribution in [1.82, 2.24) is 4.57 Å². The first-order valence-electron chi connectivity index (χ1n) is 9.66. The van der Waals surface area contributed by atoms with Crippen LogP contribution in [-0.4, -0.2) is 30.7 Å². The van der Waals surface area contributed by atoms with Gasteiger partial charge in [-0.1, -0.05) is 25.3 Å². The highest BCUT2D eigenvalue weighted by Gasteiger charge is 2.13. The van der Waals surface area contributed by atoms with E-state index in [9.17, 15) is 4.79 Å². The van der Waals surface area contributed by atoms with Gasteiger partial charge in [-0.25, -0.2) is 0 Å². The first-order chi connectivity index (χ1) is 13.2. The van der Waals surface area contributed by atoms with Gasteiger partial charge in [0.1, 0.15) is 17.0 Å². The van der Waals surface area contributed by atoms with Crippen molar-refractivity contribution in [2.75, 3.05) is 14.2 Å². The molecule has 144 valence electrons. The van der Waals surface area contributed by atoms with Gasteiger partial charge in [0.05, 0.1) is 20.3 Å². The highest BCUT2D eigenvalue weighted by atomic mass is 16.5. The van der Waals surface area contributed by atoms with Gasteiger partial charge in [-0.05, 0) is 49.1 Å². The molecule has 1 aliphatic carbocycles. The molecular formula is C22H28N2O3. The number of nitrogens with zero attached hydrogens (tertiary/aromatic N) is 2. The van der Waals surface area contributed by atoms with E-state index < -0.39 is 0 Å².